The summed E-state index contributed by atoms with van der Waals surface area (Å²) in [6.07, 6.45) is 2.69. The lowest BCUT2D eigenvalue weighted by atomic mass is 9.79. The number of nitriles is 1. The highest BCUT2D eigenvalue weighted by Gasteiger charge is 2.47. The number of pyridine rings is 1. The lowest BCUT2D eigenvalue weighted by Crippen LogP contribution is -2.59. The average molecular weight is 474 g/mol. The second-order valence-corrected chi connectivity index (χ2v) is 10.0. The Bertz CT molecular complexity index is 1240. The third-order valence-electron chi connectivity index (χ3n) is 6.55. The standard InChI is InChI=1S/C26H27N5O2S/c1-3-20-11-19(12-21(4-2)28-20)23-22(18-7-5-6-17(10-18)13-27)29-24(34-23)30-25(32)31-14-26(15-31)8-9-33-16-26/h5-7,10-12H,3-4,8-9,14-16H2,1-2H3,(H,29,30,32). The van der Waals surface area contributed by atoms with Crippen LogP contribution in [0.5, 0.6) is 0 Å². The Morgan fingerprint density at radius 2 is 1.94 bits per heavy atom. The van der Waals surface area contributed by atoms with Crippen molar-refractivity contribution in [3.05, 3.63) is 53.3 Å². The monoisotopic (exact) mass is 473 g/mol. The molecule has 4 heterocycles. The molecule has 5 rings (SSSR count). The normalized spacial score (nSPS) is 16.3. The molecule has 1 spiro atoms. The Kier molecular flexibility index (Phi) is 6.07. The molecule has 174 valence electrons. The van der Waals surface area contributed by atoms with Crippen molar-refractivity contribution >= 4 is 22.5 Å². The van der Waals surface area contributed by atoms with Gasteiger partial charge in [0.2, 0.25) is 0 Å². The lowest BCUT2D eigenvalue weighted by molar-refractivity contribution is 0.0255. The summed E-state index contributed by atoms with van der Waals surface area (Å²) in [5.41, 5.74) is 5.40. The molecule has 2 fully saturated rings. The molecule has 0 saturated carbocycles. The first kappa shape index (κ1) is 22.5. The lowest BCUT2D eigenvalue weighted by Gasteiger charge is -2.46. The Hall–Kier alpha value is -3.28. The Morgan fingerprint density at radius 3 is 2.59 bits per heavy atom. The van der Waals surface area contributed by atoms with E-state index in [0.717, 1.165) is 78.7 Å². The minimum Gasteiger partial charge on any atom is -0.381 e. The number of carbonyl (C=O) groups excluding carboxylic acids is 1. The van der Waals surface area contributed by atoms with E-state index in [2.05, 4.69) is 37.4 Å². The van der Waals surface area contributed by atoms with Crippen LogP contribution in [0.4, 0.5) is 9.93 Å². The number of ether oxygens (including phenoxy) is 1. The molecule has 34 heavy (non-hydrogen) atoms. The van der Waals surface area contributed by atoms with E-state index in [0.29, 0.717) is 10.7 Å². The molecular formula is C26H27N5O2S. The van der Waals surface area contributed by atoms with Crippen LogP contribution in [-0.2, 0) is 17.6 Å². The fourth-order valence-corrected chi connectivity index (χ4v) is 5.58. The SMILES string of the molecule is CCc1cc(-c2sc(NC(=O)N3CC4(CCOC4)C3)nc2-c2cccc(C#N)c2)cc(CC)n1. The van der Waals surface area contributed by atoms with Crippen LogP contribution in [0.3, 0.4) is 0 Å². The Morgan fingerprint density at radius 1 is 1.18 bits per heavy atom. The van der Waals surface area contributed by atoms with Crippen molar-refractivity contribution in [3.8, 4) is 27.8 Å². The molecule has 2 saturated heterocycles. The van der Waals surface area contributed by atoms with Crippen molar-refractivity contribution in [2.24, 2.45) is 5.41 Å². The van der Waals surface area contributed by atoms with Crippen LogP contribution in [0, 0.1) is 16.7 Å². The minimum atomic E-state index is -0.131. The van der Waals surface area contributed by atoms with Crippen molar-refractivity contribution in [1.82, 2.24) is 14.9 Å². The summed E-state index contributed by atoms with van der Waals surface area (Å²) >= 11 is 1.46. The fraction of sp³-hybridized carbons (Fsp3) is 0.385. The van der Waals surface area contributed by atoms with Gasteiger partial charge in [-0.3, -0.25) is 10.3 Å². The van der Waals surface area contributed by atoms with Gasteiger partial charge in [-0.1, -0.05) is 37.3 Å². The summed E-state index contributed by atoms with van der Waals surface area (Å²) in [6, 6.07) is 13.7. The first-order valence-electron chi connectivity index (χ1n) is 11.7. The van der Waals surface area contributed by atoms with Crippen LogP contribution in [0.2, 0.25) is 0 Å². The molecule has 2 aliphatic rings. The van der Waals surface area contributed by atoms with Gasteiger partial charge in [-0.05, 0) is 49.1 Å². The highest BCUT2D eigenvalue weighted by atomic mass is 32.1. The quantitative estimate of drug-likeness (QED) is 0.555. The molecule has 1 N–H and O–H groups in total. The number of hydrogen-bond donors (Lipinski definition) is 1. The molecule has 1 aromatic carbocycles. The molecule has 0 bridgehead atoms. The Labute approximate surface area is 203 Å². The summed E-state index contributed by atoms with van der Waals surface area (Å²) in [4.78, 5) is 25.2. The second-order valence-electron chi connectivity index (χ2n) is 9.02. The van der Waals surface area contributed by atoms with Crippen LogP contribution >= 0.6 is 11.3 Å². The summed E-state index contributed by atoms with van der Waals surface area (Å²) in [7, 11) is 0. The molecule has 0 radical (unpaired) electrons. The van der Waals surface area contributed by atoms with E-state index in [-0.39, 0.29) is 11.4 Å². The van der Waals surface area contributed by atoms with E-state index >= 15 is 0 Å². The topological polar surface area (TPSA) is 91.1 Å². The highest BCUT2D eigenvalue weighted by Crippen LogP contribution is 2.41. The summed E-state index contributed by atoms with van der Waals surface area (Å²) < 4.78 is 5.53. The van der Waals surface area contributed by atoms with Crippen molar-refractivity contribution in [1.29, 1.82) is 5.26 Å². The number of rotatable bonds is 5. The Balaban J connectivity index is 1.49. The van der Waals surface area contributed by atoms with Crippen molar-refractivity contribution in [3.63, 3.8) is 0 Å². The van der Waals surface area contributed by atoms with Crippen LogP contribution in [0.1, 0.15) is 37.2 Å². The number of urea groups is 1. The first-order chi connectivity index (χ1) is 16.5. The van der Waals surface area contributed by atoms with E-state index in [1.54, 1.807) is 6.07 Å². The van der Waals surface area contributed by atoms with Gasteiger partial charge in [0, 0.05) is 42.1 Å². The molecule has 0 atom stereocenters. The van der Waals surface area contributed by atoms with E-state index in [1.165, 1.54) is 11.3 Å². The molecule has 2 aliphatic heterocycles. The maximum atomic E-state index is 12.9. The summed E-state index contributed by atoms with van der Waals surface area (Å²) in [6.45, 7) is 7.14. The number of hydrogen-bond acceptors (Lipinski definition) is 6. The van der Waals surface area contributed by atoms with Gasteiger partial charge in [0.05, 0.1) is 28.8 Å². The van der Waals surface area contributed by atoms with E-state index in [4.69, 9.17) is 14.7 Å². The van der Waals surface area contributed by atoms with Gasteiger partial charge >= 0.3 is 6.03 Å². The second kappa shape index (κ2) is 9.16. The number of aromatic nitrogens is 2. The van der Waals surface area contributed by atoms with Crippen molar-refractivity contribution < 1.29 is 9.53 Å². The van der Waals surface area contributed by atoms with Gasteiger partial charge in [-0.15, -0.1) is 0 Å². The molecule has 2 aromatic heterocycles. The number of amides is 2. The molecule has 7 nitrogen and oxygen atoms in total. The molecule has 0 aliphatic carbocycles. The number of benzene rings is 1. The minimum absolute atomic E-state index is 0.131. The number of thiazole rings is 1. The van der Waals surface area contributed by atoms with Gasteiger partial charge < -0.3 is 9.64 Å². The summed E-state index contributed by atoms with van der Waals surface area (Å²) in [5.74, 6) is 0. The number of aryl methyl sites for hydroxylation is 2. The van der Waals surface area contributed by atoms with Crippen molar-refractivity contribution in [2.75, 3.05) is 31.6 Å². The average Bonchev–Trinajstić information content (AvgIpc) is 3.50. The number of carbonyl (C=O) groups is 1. The van der Waals surface area contributed by atoms with Gasteiger partial charge in [0.1, 0.15) is 0 Å². The third-order valence-corrected chi connectivity index (χ3v) is 7.57. The predicted molar refractivity (Wildman–Crippen MR) is 133 cm³/mol. The fourth-order valence-electron chi connectivity index (χ4n) is 4.62. The van der Waals surface area contributed by atoms with Crippen LogP contribution in [0.15, 0.2) is 36.4 Å². The maximum Gasteiger partial charge on any atom is 0.323 e. The van der Waals surface area contributed by atoms with Crippen LogP contribution in [0.25, 0.3) is 21.7 Å². The maximum absolute atomic E-state index is 12.9. The zero-order valence-electron chi connectivity index (χ0n) is 19.4. The van der Waals surface area contributed by atoms with Crippen LogP contribution < -0.4 is 5.32 Å². The van der Waals surface area contributed by atoms with E-state index in [9.17, 15) is 10.1 Å². The molecule has 2 amide bonds. The van der Waals surface area contributed by atoms with Gasteiger partial charge in [-0.2, -0.15) is 5.26 Å². The number of anilines is 1. The highest BCUT2D eigenvalue weighted by molar-refractivity contribution is 7.19. The number of nitrogens with one attached hydrogen (secondary N) is 1. The zero-order chi connectivity index (χ0) is 23.7. The zero-order valence-corrected chi connectivity index (χ0v) is 20.2. The number of likely N-dealkylation sites (tertiary alicyclic amines) is 1. The summed E-state index contributed by atoms with van der Waals surface area (Å²) in [5, 5.41) is 12.9. The largest absolute Gasteiger partial charge is 0.381 e. The molecular weight excluding hydrogens is 446 g/mol. The van der Waals surface area contributed by atoms with Gasteiger partial charge in [-0.25, -0.2) is 9.78 Å². The predicted octanol–water partition coefficient (Wildman–Crippen LogP) is 5.12. The molecule has 0 unspecified atom stereocenters. The number of nitrogens with zero attached hydrogens (tertiary/aromatic N) is 4. The smallest absolute Gasteiger partial charge is 0.323 e. The van der Waals surface area contributed by atoms with E-state index in [1.807, 2.05) is 23.1 Å². The molecule has 3 aromatic rings. The van der Waals surface area contributed by atoms with Gasteiger partial charge in [0.25, 0.3) is 0 Å². The third kappa shape index (κ3) is 4.29. The molecule has 8 heteroatoms. The van der Waals surface area contributed by atoms with E-state index < -0.39 is 0 Å². The van der Waals surface area contributed by atoms with Gasteiger partial charge in [0.15, 0.2) is 5.13 Å². The van der Waals surface area contributed by atoms with Crippen molar-refractivity contribution in [2.45, 2.75) is 33.1 Å². The first-order valence-corrected chi connectivity index (χ1v) is 12.5. The van der Waals surface area contributed by atoms with Crippen LogP contribution in [-0.4, -0.2) is 47.2 Å².